The molecule has 0 N–H and O–H groups in total. The van der Waals surface area contributed by atoms with E-state index < -0.39 is 36.4 Å². The maximum Gasteiger partial charge on any atom is 1.00 e. The molecule has 0 saturated carbocycles. The van der Waals surface area contributed by atoms with E-state index >= 15 is 0 Å². The van der Waals surface area contributed by atoms with Crippen LogP contribution in [0.3, 0.4) is 0 Å². The molecule has 0 radical (unpaired) electrons. The molecule has 0 aromatic heterocycles. The van der Waals surface area contributed by atoms with Crippen molar-refractivity contribution in [3.05, 3.63) is 35.2 Å². The molecular weight excluding hydrogens is 343 g/mol. The molecule has 0 fully saturated rings. The van der Waals surface area contributed by atoms with Gasteiger partial charge >= 0.3 is 154 Å². The molecule has 0 bridgehead atoms. The monoisotopic (exact) mass is 344 g/mol. The van der Waals surface area contributed by atoms with Gasteiger partial charge in [-0.25, -0.2) is 22.0 Å². The van der Waals surface area contributed by atoms with Crippen LogP contribution < -0.4 is 169 Å². The topological polar surface area (TPSA) is 69.2 Å². The van der Waals surface area contributed by atoms with Crippen LogP contribution in [0.1, 0.15) is 0 Å². The van der Waals surface area contributed by atoms with Crippen molar-refractivity contribution in [2.45, 2.75) is 0 Å². The quantitative estimate of drug-likeness (QED) is 0.203. The Labute approximate surface area is 227 Å². The van der Waals surface area contributed by atoms with E-state index in [1.54, 1.807) is 0 Å². The molecule has 3 nitrogen and oxygen atoms in total. The maximum absolute atomic E-state index is 12.0. The average Bonchev–Trinajstić information content (AvgIpc) is 2.11. The molecule has 0 amide bonds. The first-order valence-corrected chi connectivity index (χ1v) is 3.23. The zero-order valence-corrected chi connectivity index (χ0v) is 19.1. The van der Waals surface area contributed by atoms with E-state index in [0.29, 0.717) is 0 Å². The summed E-state index contributed by atoms with van der Waals surface area (Å²) in [6.07, 6.45) is 0. The van der Waals surface area contributed by atoms with E-state index in [1.165, 1.54) is 0 Å². The zero-order chi connectivity index (χ0) is 12.2. The molecule has 0 saturated heterocycles. The molecule has 1 rings (SSSR count). The van der Waals surface area contributed by atoms with Crippen LogP contribution >= 0.6 is 0 Å². The summed E-state index contributed by atoms with van der Waals surface area (Å²) in [5, 5.41) is 25.2. The van der Waals surface area contributed by atoms with E-state index in [9.17, 15) is 22.0 Å². The number of hydrogen-bond acceptors (Lipinski definition) is 3. The van der Waals surface area contributed by atoms with Crippen molar-refractivity contribution in [3.63, 3.8) is 0 Å². The van der Waals surface area contributed by atoms with Gasteiger partial charge in [-0.1, -0.05) is 0 Å². The molecule has 0 aliphatic carbocycles. The summed E-state index contributed by atoms with van der Waals surface area (Å²) >= 11 is 0. The Morgan fingerprint density at radius 1 is 0.667 bits per heavy atom. The van der Waals surface area contributed by atoms with E-state index in [0.717, 1.165) is 0 Å². The summed E-state index contributed by atoms with van der Waals surface area (Å²) in [7, 11) is -2.92. The van der Waals surface area contributed by atoms with Crippen molar-refractivity contribution in [1.82, 2.24) is 0 Å². The Bertz CT molecular complexity index is 329. The van der Waals surface area contributed by atoms with Crippen molar-refractivity contribution < 1.29 is 191 Å². The van der Waals surface area contributed by atoms with Crippen LogP contribution in [-0.2, 0) is 0 Å². The third kappa shape index (κ3) is 12.3. The first-order valence-electron chi connectivity index (χ1n) is 3.23. The van der Waals surface area contributed by atoms with Gasteiger partial charge in [0.05, 0.1) is 0 Å². The van der Waals surface area contributed by atoms with Crippen molar-refractivity contribution in [1.29, 1.82) is 0 Å². The summed E-state index contributed by atoms with van der Waals surface area (Å²) in [6, 6.07) is -0.0618. The van der Waals surface area contributed by atoms with Gasteiger partial charge in [0.15, 0.2) is 23.3 Å². The second-order valence-electron chi connectivity index (χ2n) is 2.07. The smallest absolute Gasteiger partial charge is 0.907 e. The molecule has 1 aromatic carbocycles. The fourth-order valence-electron chi connectivity index (χ4n) is 0.544. The predicted octanol–water partition coefficient (Wildman–Crippen LogP) is -10.6. The normalized spacial score (nSPS) is 7.78. The first-order chi connectivity index (χ1) is 6.77. The summed E-state index contributed by atoms with van der Waals surface area (Å²) in [5.74, 6) is -9.65. The second-order valence-corrected chi connectivity index (χ2v) is 2.07. The average molecular weight is 344 g/mol. The number of hydrogen-bond donors (Lipinski definition) is 0. The summed E-state index contributed by atoms with van der Waals surface area (Å²) in [5.41, 5.74) is 0. The molecule has 84 valence electrons. The van der Waals surface area contributed by atoms with Crippen LogP contribution in [-0.4, -0.2) is 7.32 Å². The molecule has 1 aromatic rings. The molecule has 0 heterocycles. The van der Waals surface area contributed by atoms with E-state index in [2.05, 4.69) is 0 Å². The predicted molar refractivity (Wildman–Crippen MR) is 32.0 cm³/mol. The Morgan fingerprint density at radius 3 is 1.11 bits per heavy atom. The zero-order valence-electron chi connectivity index (χ0n) is 9.77. The van der Waals surface area contributed by atoms with Crippen LogP contribution in [0.25, 0.3) is 0 Å². The van der Waals surface area contributed by atoms with Gasteiger partial charge in [0.25, 0.3) is 0 Å². The van der Waals surface area contributed by atoms with E-state index in [1.807, 2.05) is 0 Å². The van der Waals surface area contributed by atoms with Crippen LogP contribution in [0, 0.1) is 29.1 Å². The molecule has 0 unspecified atom stereocenters. The van der Waals surface area contributed by atoms with Crippen molar-refractivity contribution in [2.75, 3.05) is 0 Å². The summed E-state index contributed by atoms with van der Waals surface area (Å²) in [6.45, 7) is 0. The molecule has 12 heteroatoms. The van der Waals surface area contributed by atoms with Gasteiger partial charge in [-0.3, -0.25) is 7.32 Å². The van der Waals surface area contributed by atoms with Crippen molar-refractivity contribution in [3.8, 4) is 0 Å². The third-order valence-electron chi connectivity index (χ3n) is 1.06. The molecule has 0 aliphatic heterocycles. The molecule has 18 heavy (non-hydrogen) atoms. The van der Waals surface area contributed by atoms with Gasteiger partial charge < -0.3 is 15.1 Å². The van der Waals surface area contributed by atoms with Crippen molar-refractivity contribution in [2.24, 2.45) is 0 Å². The van der Waals surface area contributed by atoms with Gasteiger partial charge in [-0.2, -0.15) is 0 Å². The Kier molecular flexibility index (Phi) is 25.8. The largest absolute Gasteiger partial charge is 1.00 e. The van der Waals surface area contributed by atoms with Crippen LogP contribution in [0.2, 0.25) is 0 Å². The van der Waals surface area contributed by atoms with Gasteiger partial charge in [-0.05, 0) is 0 Å². The molecule has 0 spiro atoms. The SMILES string of the molecule is Fc1cc(F)c(F)c(F)c1F.[K+].[K+].[K+].[O-]B([O-])[O-]. The van der Waals surface area contributed by atoms with Gasteiger partial charge in [0.2, 0.25) is 5.82 Å². The summed E-state index contributed by atoms with van der Waals surface area (Å²) in [4.78, 5) is 0. The van der Waals surface area contributed by atoms with E-state index in [4.69, 9.17) is 15.1 Å². The van der Waals surface area contributed by atoms with Crippen LogP contribution in [0.4, 0.5) is 22.0 Å². The number of halogens is 5. The first kappa shape index (κ1) is 29.7. The second kappa shape index (κ2) is 15.6. The minimum atomic E-state index is -2.92. The van der Waals surface area contributed by atoms with Crippen LogP contribution in [0.5, 0.6) is 0 Å². The third-order valence-corrected chi connectivity index (χ3v) is 1.06. The number of benzene rings is 1. The van der Waals surface area contributed by atoms with Gasteiger partial charge in [0, 0.05) is 6.07 Å². The van der Waals surface area contributed by atoms with E-state index in [-0.39, 0.29) is 160 Å². The van der Waals surface area contributed by atoms with Gasteiger partial charge in [-0.15, -0.1) is 0 Å². The Hall–Kier alpha value is 3.72. The number of rotatable bonds is 0. The Balaban J connectivity index is -0.000000125. The molecular formula is C6HBF5K3O3. The molecule has 0 atom stereocenters. The maximum atomic E-state index is 12.0. The van der Waals surface area contributed by atoms with Crippen molar-refractivity contribution >= 4 is 7.32 Å². The fraction of sp³-hybridized carbons (Fsp3) is 0. The standard InChI is InChI=1S/C6HF5.BO3.3K/c7-2-1-3(8)5(10)6(11)4(2)9;2-1(3)4;;;/h1H;;;;/q;-3;3*+1. The minimum Gasteiger partial charge on any atom is -0.907 e. The van der Waals surface area contributed by atoms with Crippen LogP contribution in [0.15, 0.2) is 6.07 Å². The fourth-order valence-corrected chi connectivity index (χ4v) is 0.544. The minimum absolute atomic E-state index is 0. The summed E-state index contributed by atoms with van der Waals surface area (Å²) < 4.78 is 60.0. The Morgan fingerprint density at radius 2 is 0.889 bits per heavy atom. The van der Waals surface area contributed by atoms with Gasteiger partial charge in [0.1, 0.15) is 0 Å². The molecule has 0 aliphatic rings.